The maximum absolute atomic E-state index is 4.45. The van der Waals surface area contributed by atoms with Crippen molar-refractivity contribution in [3.8, 4) is 0 Å². The molecule has 0 fully saturated rings. The van der Waals surface area contributed by atoms with Crippen molar-refractivity contribution in [3.63, 3.8) is 0 Å². The SMILES string of the molecule is CN(Cc1cccc(Br)c1)c1ccc(CBr)cn1. The molecule has 1 heterocycles. The van der Waals surface area contributed by atoms with E-state index >= 15 is 0 Å². The molecule has 0 unspecified atom stereocenters. The lowest BCUT2D eigenvalue weighted by molar-refractivity contribution is 0.896. The van der Waals surface area contributed by atoms with Crippen molar-refractivity contribution in [2.75, 3.05) is 11.9 Å². The summed E-state index contributed by atoms with van der Waals surface area (Å²) in [5, 5.41) is 0.843. The van der Waals surface area contributed by atoms with Crippen LogP contribution in [0.3, 0.4) is 0 Å². The van der Waals surface area contributed by atoms with Gasteiger partial charge in [0.15, 0.2) is 0 Å². The Morgan fingerprint density at radius 1 is 1.17 bits per heavy atom. The summed E-state index contributed by atoms with van der Waals surface area (Å²) in [7, 11) is 2.05. The third-order valence-corrected chi connectivity index (χ3v) is 3.80. The highest BCUT2D eigenvalue weighted by Gasteiger charge is 2.03. The molecular weight excluding hydrogens is 356 g/mol. The quantitative estimate of drug-likeness (QED) is 0.743. The Labute approximate surface area is 124 Å². The summed E-state index contributed by atoms with van der Waals surface area (Å²) < 4.78 is 1.11. The van der Waals surface area contributed by atoms with Crippen molar-refractivity contribution < 1.29 is 0 Å². The first kappa shape index (κ1) is 13.6. The van der Waals surface area contributed by atoms with Crippen LogP contribution in [0.25, 0.3) is 0 Å². The van der Waals surface area contributed by atoms with E-state index < -0.39 is 0 Å². The molecule has 0 aliphatic heterocycles. The van der Waals surface area contributed by atoms with Crippen molar-refractivity contribution in [2.24, 2.45) is 0 Å². The van der Waals surface area contributed by atoms with Gasteiger partial charge in [-0.1, -0.05) is 50.1 Å². The van der Waals surface area contributed by atoms with Crippen LogP contribution in [0, 0.1) is 0 Å². The molecule has 0 radical (unpaired) electrons. The average Bonchev–Trinajstić information content (AvgIpc) is 2.39. The van der Waals surface area contributed by atoms with E-state index in [0.29, 0.717) is 0 Å². The van der Waals surface area contributed by atoms with Gasteiger partial charge in [0.25, 0.3) is 0 Å². The molecule has 0 atom stereocenters. The van der Waals surface area contributed by atoms with Gasteiger partial charge in [0.1, 0.15) is 5.82 Å². The van der Waals surface area contributed by atoms with Crippen molar-refractivity contribution >= 4 is 37.7 Å². The van der Waals surface area contributed by atoms with Crippen molar-refractivity contribution in [2.45, 2.75) is 11.9 Å². The zero-order valence-electron chi connectivity index (χ0n) is 10.1. The van der Waals surface area contributed by atoms with Gasteiger partial charge in [0.05, 0.1) is 0 Å². The summed E-state index contributed by atoms with van der Waals surface area (Å²) in [6.45, 7) is 0.847. The Morgan fingerprint density at radius 2 is 2.00 bits per heavy atom. The number of aromatic nitrogens is 1. The smallest absolute Gasteiger partial charge is 0.128 e. The average molecular weight is 370 g/mol. The first-order valence-electron chi connectivity index (χ1n) is 5.65. The molecule has 0 aliphatic carbocycles. The summed E-state index contributed by atoms with van der Waals surface area (Å²) in [6.07, 6.45) is 1.90. The predicted octanol–water partition coefficient (Wildman–Crippen LogP) is 4.38. The minimum Gasteiger partial charge on any atom is -0.355 e. The van der Waals surface area contributed by atoms with E-state index in [2.05, 4.69) is 79.1 Å². The van der Waals surface area contributed by atoms with Gasteiger partial charge in [-0.2, -0.15) is 0 Å². The van der Waals surface area contributed by atoms with Crippen LogP contribution >= 0.6 is 31.9 Å². The molecule has 0 saturated carbocycles. The second-order valence-electron chi connectivity index (χ2n) is 4.14. The molecule has 4 heteroatoms. The van der Waals surface area contributed by atoms with E-state index in [9.17, 15) is 0 Å². The predicted molar refractivity (Wildman–Crippen MR) is 83.1 cm³/mol. The van der Waals surface area contributed by atoms with Gasteiger partial charge >= 0.3 is 0 Å². The second-order valence-corrected chi connectivity index (χ2v) is 5.62. The number of hydrogen-bond donors (Lipinski definition) is 0. The fourth-order valence-corrected chi connectivity index (χ4v) is 2.49. The Hall–Kier alpha value is -0.870. The summed E-state index contributed by atoms with van der Waals surface area (Å²) in [6, 6.07) is 12.5. The molecule has 0 N–H and O–H groups in total. The third kappa shape index (κ3) is 3.56. The zero-order valence-corrected chi connectivity index (χ0v) is 13.3. The van der Waals surface area contributed by atoms with E-state index in [1.54, 1.807) is 0 Å². The lowest BCUT2D eigenvalue weighted by Gasteiger charge is -2.18. The molecule has 0 spiro atoms. The number of alkyl halides is 1. The third-order valence-electron chi connectivity index (χ3n) is 2.66. The standard InChI is InChI=1S/C14H14Br2N2/c1-18(10-11-3-2-4-13(16)7-11)14-6-5-12(8-15)9-17-14/h2-7,9H,8,10H2,1H3. The van der Waals surface area contributed by atoms with Gasteiger partial charge in [-0.25, -0.2) is 4.98 Å². The number of pyridine rings is 1. The zero-order chi connectivity index (χ0) is 13.0. The molecule has 2 nitrogen and oxygen atoms in total. The van der Waals surface area contributed by atoms with Crippen LogP contribution in [0.5, 0.6) is 0 Å². The molecule has 2 rings (SSSR count). The Kier molecular flexibility index (Phi) is 4.78. The highest BCUT2D eigenvalue weighted by Crippen LogP contribution is 2.17. The fourth-order valence-electron chi connectivity index (χ4n) is 1.71. The van der Waals surface area contributed by atoms with Gasteiger partial charge in [0, 0.05) is 29.6 Å². The number of hydrogen-bond acceptors (Lipinski definition) is 2. The molecule has 1 aromatic heterocycles. The summed E-state index contributed by atoms with van der Waals surface area (Å²) in [5.74, 6) is 0.986. The summed E-state index contributed by atoms with van der Waals surface area (Å²) >= 11 is 6.91. The molecule has 0 saturated heterocycles. The fraction of sp³-hybridized carbons (Fsp3) is 0.214. The number of halogens is 2. The Bertz CT molecular complexity index is 511. The van der Waals surface area contributed by atoms with Gasteiger partial charge in [-0.05, 0) is 29.3 Å². The van der Waals surface area contributed by atoms with Crippen molar-refractivity contribution in [3.05, 3.63) is 58.2 Å². The molecule has 0 bridgehead atoms. The number of rotatable bonds is 4. The van der Waals surface area contributed by atoms with Crippen LogP contribution in [0.2, 0.25) is 0 Å². The van der Waals surface area contributed by atoms with E-state index in [1.165, 1.54) is 11.1 Å². The van der Waals surface area contributed by atoms with Gasteiger partial charge in [0.2, 0.25) is 0 Å². The van der Waals surface area contributed by atoms with Crippen LogP contribution in [0.15, 0.2) is 47.1 Å². The lowest BCUT2D eigenvalue weighted by atomic mass is 10.2. The van der Waals surface area contributed by atoms with Crippen LogP contribution in [-0.4, -0.2) is 12.0 Å². The molecular formula is C14H14Br2N2. The number of nitrogens with zero attached hydrogens (tertiary/aromatic N) is 2. The van der Waals surface area contributed by atoms with E-state index in [4.69, 9.17) is 0 Å². The van der Waals surface area contributed by atoms with Crippen molar-refractivity contribution in [1.82, 2.24) is 4.98 Å². The van der Waals surface area contributed by atoms with E-state index in [1.807, 2.05) is 12.3 Å². The van der Waals surface area contributed by atoms with Gasteiger partial charge in [-0.15, -0.1) is 0 Å². The highest BCUT2D eigenvalue weighted by atomic mass is 79.9. The van der Waals surface area contributed by atoms with Crippen LogP contribution in [0.4, 0.5) is 5.82 Å². The first-order chi connectivity index (χ1) is 8.69. The molecule has 0 aliphatic rings. The van der Waals surface area contributed by atoms with Crippen LogP contribution < -0.4 is 4.90 Å². The molecule has 0 amide bonds. The highest BCUT2D eigenvalue weighted by molar-refractivity contribution is 9.10. The monoisotopic (exact) mass is 368 g/mol. The molecule has 18 heavy (non-hydrogen) atoms. The lowest BCUT2D eigenvalue weighted by Crippen LogP contribution is -2.17. The minimum atomic E-state index is 0.843. The first-order valence-corrected chi connectivity index (χ1v) is 7.57. The Balaban J connectivity index is 2.09. The molecule has 1 aromatic carbocycles. The normalized spacial score (nSPS) is 10.4. The van der Waals surface area contributed by atoms with E-state index in [0.717, 1.165) is 22.2 Å². The Morgan fingerprint density at radius 3 is 2.61 bits per heavy atom. The number of benzene rings is 1. The second kappa shape index (κ2) is 6.34. The van der Waals surface area contributed by atoms with Gasteiger partial charge in [-0.3, -0.25) is 0 Å². The maximum atomic E-state index is 4.45. The van der Waals surface area contributed by atoms with Gasteiger partial charge < -0.3 is 4.90 Å². The number of anilines is 1. The topological polar surface area (TPSA) is 16.1 Å². The van der Waals surface area contributed by atoms with Crippen molar-refractivity contribution in [1.29, 1.82) is 0 Å². The van der Waals surface area contributed by atoms with E-state index in [-0.39, 0.29) is 0 Å². The van der Waals surface area contributed by atoms with Crippen LogP contribution in [-0.2, 0) is 11.9 Å². The maximum Gasteiger partial charge on any atom is 0.128 e. The minimum absolute atomic E-state index is 0.843. The molecule has 2 aromatic rings. The summed E-state index contributed by atoms with van der Waals surface area (Å²) in [5.41, 5.74) is 2.45. The summed E-state index contributed by atoms with van der Waals surface area (Å²) in [4.78, 5) is 6.59. The largest absolute Gasteiger partial charge is 0.355 e. The molecule has 94 valence electrons. The van der Waals surface area contributed by atoms with Crippen LogP contribution in [0.1, 0.15) is 11.1 Å².